The molecule has 2 heterocycles. The monoisotopic (exact) mass is 418 g/mol. The number of ether oxygens (including phenoxy) is 3. The third kappa shape index (κ3) is 4.13. The lowest BCUT2D eigenvalue weighted by atomic mass is 10.0. The first-order valence-corrected chi connectivity index (χ1v) is 11.0. The van der Waals surface area contributed by atoms with Crippen LogP contribution in [0.25, 0.3) is 11.1 Å². The standard InChI is InChI=1S/C24H22N2O3S/c25-12-20-21(18-5-8-22-23(11-18)28-10-9-27-22)15-30-24(20)29-14-17-3-1-16(2-4-17)13-26-19-6-7-19/h1-5,8,11,15,19,26H,6-7,9-10,13-14H2. The van der Waals surface area contributed by atoms with Gasteiger partial charge >= 0.3 is 0 Å². The number of thiophene rings is 1. The second-order valence-corrected chi connectivity index (χ2v) is 8.38. The summed E-state index contributed by atoms with van der Waals surface area (Å²) in [5, 5.41) is 15.9. The zero-order valence-electron chi connectivity index (χ0n) is 16.5. The molecular weight excluding hydrogens is 396 g/mol. The van der Waals surface area contributed by atoms with E-state index >= 15 is 0 Å². The third-order valence-electron chi connectivity index (χ3n) is 5.29. The molecule has 0 radical (unpaired) electrons. The van der Waals surface area contributed by atoms with Crippen LogP contribution in [0.2, 0.25) is 0 Å². The van der Waals surface area contributed by atoms with Crippen molar-refractivity contribution in [3.05, 3.63) is 64.5 Å². The van der Waals surface area contributed by atoms with Crippen molar-refractivity contribution >= 4 is 11.3 Å². The largest absolute Gasteiger partial charge is 0.486 e. The van der Waals surface area contributed by atoms with Crippen LogP contribution in [-0.4, -0.2) is 19.3 Å². The van der Waals surface area contributed by atoms with Gasteiger partial charge in [0.1, 0.15) is 31.5 Å². The fourth-order valence-electron chi connectivity index (χ4n) is 3.43. The molecule has 1 fully saturated rings. The van der Waals surface area contributed by atoms with Gasteiger partial charge in [0, 0.05) is 23.5 Å². The first-order chi connectivity index (χ1) is 14.8. The fourth-order valence-corrected chi connectivity index (χ4v) is 4.31. The summed E-state index contributed by atoms with van der Waals surface area (Å²) >= 11 is 1.45. The van der Waals surface area contributed by atoms with E-state index in [1.165, 1.54) is 29.7 Å². The van der Waals surface area contributed by atoms with E-state index in [0.717, 1.165) is 29.0 Å². The predicted octanol–water partition coefficient (Wildman–Crippen LogP) is 4.89. The highest BCUT2D eigenvalue weighted by molar-refractivity contribution is 7.12. The van der Waals surface area contributed by atoms with Crippen LogP contribution >= 0.6 is 11.3 Å². The van der Waals surface area contributed by atoms with E-state index in [0.29, 0.717) is 42.2 Å². The average Bonchev–Trinajstić information content (AvgIpc) is 3.54. The molecule has 0 atom stereocenters. The van der Waals surface area contributed by atoms with Crippen molar-refractivity contribution in [2.45, 2.75) is 32.0 Å². The molecule has 152 valence electrons. The first-order valence-electron chi connectivity index (χ1n) is 10.2. The molecule has 5 rings (SSSR count). The van der Waals surface area contributed by atoms with Crippen molar-refractivity contribution in [3.63, 3.8) is 0 Å². The van der Waals surface area contributed by atoms with E-state index in [9.17, 15) is 5.26 Å². The molecule has 0 unspecified atom stereocenters. The predicted molar refractivity (Wildman–Crippen MR) is 116 cm³/mol. The van der Waals surface area contributed by atoms with E-state index in [-0.39, 0.29) is 0 Å². The summed E-state index contributed by atoms with van der Waals surface area (Å²) in [6.45, 7) is 2.44. The molecule has 0 spiro atoms. The van der Waals surface area contributed by atoms with Gasteiger partial charge < -0.3 is 19.5 Å². The van der Waals surface area contributed by atoms with Gasteiger partial charge in [-0.05, 0) is 41.7 Å². The molecule has 1 N–H and O–H groups in total. The molecule has 1 saturated carbocycles. The zero-order valence-corrected chi connectivity index (χ0v) is 17.3. The number of nitrogens with one attached hydrogen (secondary N) is 1. The zero-order chi connectivity index (χ0) is 20.3. The summed E-state index contributed by atoms with van der Waals surface area (Å²) in [6, 6.07) is 17.2. The number of benzene rings is 2. The maximum Gasteiger partial charge on any atom is 0.192 e. The smallest absolute Gasteiger partial charge is 0.192 e. The maximum absolute atomic E-state index is 9.74. The van der Waals surface area contributed by atoms with Crippen molar-refractivity contribution in [2.24, 2.45) is 0 Å². The summed E-state index contributed by atoms with van der Waals surface area (Å²) in [5.74, 6) is 1.46. The van der Waals surface area contributed by atoms with Crippen LogP contribution in [0.4, 0.5) is 0 Å². The summed E-state index contributed by atoms with van der Waals surface area (Å²) in [4.78, 5) is 0. The molecule has 2 aliphatic rings. The minimum absolute atomic E-state index is 0.437. The molecule has 30 heavy (non-hydrogen) atoms. The Bertz CT molecular complexity index is 1080. The van der Waals surface area contributed by atoms with E-state index < -0.39 is 0 Å². The lowest BCUT2D eigenvalue weighted by Crippen LogP contribution is -2.15. The van der Waals surface area contributed by atoms with Gasteiger partial charge in [-0.25, -0.2) is 0 Å². The second-order valence-electron chi connectivity index (χ2n) is 7.54. The van der Waals surface area contributed by atoms with Gasteiger partial charge in [-0.1, -0.05) is 30.3 Å². The normalized spacial score (nSPS) is 14.9. The number of hydrogen-bond acceptors (Lipinski definition) is 6. The Morgan fingerprint density at radius 1 is 1.03 bits per heavy atom. The van der Waals surface area contributed by atoms with Crippen LogP contribution in [0.15, 0.2) is 47.8 Å². The maximum atomic E-state index is 9.74. The van der Waals surface area contributed by atoms with Crippen LogP contribution in [0.5, 0.6) is 16.6 Å². The van der Waals surface area contributed by atoms with Crippen molar-refractivity contribution in [3.8, 4) is 33.8 Å². The van der Waals surface area contributed by atoms with Gasteiger partial charge in [-0.2, -0.15) is 5.26 Å². The molecule has 0 saturated heterocycles. The van der Waals surface area contributed by atoms with E-state index in [4.69, 9.17) is 14.2 Å². The van der Waals surface area contributed by atoms with E-state index in [1.807, 2.05) is 23.6 Å². The highest BCUT2D eigenvalue weighted by Crippen LogP contribution is 2.40. The lowest BCUT2D eigenvalue weighted by molar-refractivity contribution is 0.171. The molecule has 2 aromatic carbocycles. The van der Waals surface area contributed by atoms with Gasteiger partial charge in [0.05, 0.1) is 0 Å². The van der Waals surface area contributed by atoms with Gasteiger partial charge in [0.25, 0.3) is 0 Å². The van der Waals surface area contributed by atoms with E-state index in [2.05, 4.69) is 35.7 Å². The Hall–Kier alpha value is -3.01. The average molecular weight is 419 g/mol. The Morgan fingerprint density at radius 2 is 1.80 bits per heavy atom. The first kappa shape index (κ1) is 19.0. The lowest BCUT2D eigenvalue weighted by Gasteiger charge is -2.18. The molecule has 1 aliphatic heterocycles. The topological polar surface area (TPSA) is 63.5 Å². The summed E-state index contributed by atoms with van der Waals surface area (Å²) < 4.78 is 17.3. The highest BCUT2D eigenvalue weighted by atomic mass is 32.1. The Kier molecular flexibility index (Phi) is 5.31. The van der Waals surface area contributed by atoms with Crippen molar-refractivity contribution in [2.75, 3.05) is 13.2 Å². The molecule has 0 bridgehead atoms. The quantitative estimate of drug-likeness (QED) is 0.592. The molecule has 5 nitrogen and oxygen atoms in total. The number of nitrogens with zero attached hydrogens (tertiary/aromatic N) is 1. The third-order valence-corrected chi connectivity index (χ3v) is 6.18. The summed E-state index contributed by atoms with van der Waals surface area (Å²) in [5.41, 5.74) is 4.70. The Labute approximate surface area is 179 Å². The van der Waals surface area contributed by atoms with Gasteiger partial charge in [-0.3, -0.25) is 0 Å². The molecule has 1 aliphatic carbocycles. The number of fused-ring (bicyclic) bond motifs is 1. The van der Waals surface area contributed by atoms with Crippen LogP contribution in [0, 0.1) is 11.3 Å². The Morgan fingerprint density at radius 3 is 2.57 bits per heavy atom. The minimum atomic E-state index is 0.437. The molecule has 1 aromatic heterocycles. The number of hydrogen-bond donors (Lipinski definition) is 1. The molecular formula is C24H22N2O3S. The van der Waals surface area contributed by atoms with Crippen molar-refractivity contribution < 1.29 is 14.2 Å². The fraction of sp³-hybridized carbons (Fsp3) is 0.292. The highest BCUT2D eigenvalue weighted by Gasteiger charge is 2.20. The summed E-state index contributed by atoms with van der Waals surface area (Å²) in [6.07, 6.45) is 2.59. The van der Waals surface area contributed by atoms with Crippen molar-refractivity contribution in [1.82, 2.24) is 5.32 Å². The van der Waals surface area contributed by atoms with Crippen LogP contribution in [-0.2, 0) is 13.2 Å². The SMILES string of the molecule is N#Cc1c(-c2ccc3c(c2)OCCO3)csc1OCc1ccc(CNC2CC2)cc1. The van der Waals surface area contributed by atoms with Gasteiger partial charge in [0.15, 0.2) is 16.6 Å². The molecule has 6 heteroatoms. The van der Waals surface area contributed by atoms with Gasteiger partial charge in [-0.15, -0.1) is 11.3 Å². The summed E-state index contributed by atoms with van der Waals surface area (Å²) in [7, 11) is 0. The van der Waals surface area contributed by atoms with E-state index in [1.54, 1.807) is 0 Å². The minimum Gasteiger partial charge on any atom is -0.486 e. The second kappa shape index (κ2) is 8.39. The number of nitriles is 1. The molecule has 0 amide bonds. The Balaban J connectivity index is 1.28. The van der Waals surface area contributed by atoms with Crippen LogP contribution in [0.1, 0.15) is 29.5 Å². The van der Waals surface area contributed by atoms with Crippen LogP contribution in [0.3, 0.4) is 0 Å². The molecule has 3 aromatic rings. The van der Waals surface area contributed by atoms with Crippen molar-refractivity contribution in [1.29, 1.82) is 5.26 Å². The number of rotatable bonds is 7. The van der Waals surface area contributed by atoms with Gasteiger partial charge in [0.2, 0.25) is 0 Å². The van der Waals surface area contributed by atoms with Crippen LogP contribution < -0.4 is 19.5 Å².